The fourth-order valence-corrected chi connectivity index (χ4v) is 3.35. The van der Waals surface area contributed by atoms with Crippen LogP contribution in [-0.4, -0.2) is 53.3 Å². The van der Waals surface area contributed by atoms with Gasteiger partial charge in [0.25, 0.3) is 5.91 Å². The third-order valence-electron chi connectivity index (χ3n) is 5.01. The smallest absolute Gasteiger partial charge is 0.253 e. The molecule has 0 radical (unpaired) electrons. The zero-order valence-electron chi connectivity index (χ0n) is 13.5. The Bertz CT molecular complexity index is 569. The minimum atomic E-state index is -0.275. The maximum atomic E-state index is 12.5. The van der Waals surface area contributed by atoms with Crippen molar-refractivity contribution in [2.75, 3.05) is 26.2 Å². The van der Waals surface area contributed by atoms with Gasteiger partial charge in [0.05, 0.1) is 0 Å². The molecule has 1 aromatic rings. The topological polar surface area (TPSA) is 66.6 Å². The van der Waals surface area contributed by atoms with Crippen LogP contribution in [0.5, 0.6) is 0 Å². The molecule has 0 atom stereocenters. The van der Waals surface area contributed by atoms with Crippen molar-refractivity contribution in [2.45, 2.75) is 37.6 Å². The van der Waals surface area contributed by atoms with Crippen LogP contribution in [0.25, 0.3) is 0 Å². The molecular formula is C18H25N3O2. The van der Waals surface area contributed by atoms with Gasteiger partial charge in [-0.15, -0.1) is 0 Å². The van der Waals surface area contributed by atoms with Crippen LogP contribution in [0.3, 0.4) is 0 Å². The molecular weight excluding hydrogens is 290 g/mol. The molecule has 2 amide bonds. The summed E-state index contributed by atoms with van der Waals surface area (Å²) in [5.41, 5.74) is 6.62. The monoisotopic (exact) mass is 315 g/mol. The van der Waals surface area contributed by atoms with Crippen LogP contribution in [0, 0.1) is 0 Å². The Morgan fingerprint density at radius 2 is 1.61 bits per heavy atom. The lowest BCUT2D eigenvalue weighted by molar-refractivity contribution is -0.133. The number of nitrogens with two attached hydrogens (primary N) is 1. The van der Waals surface area contributed by atoms with Crippen molar-refractivity contribution in [1.82, 2.24) is 9.80 Å². The number of benzene rings is 1. The third kappa shape index (κ3) is 3.72. The predicted molar refractivity (Wildman–Crippen MR) is 88.9 cm³/mol. The van der Waals surface area contributed by atoms with Crippen LogP contribution in [0.1, 0.15) is 42.5 Å². The first-order valence-corrected chi connectivity index (χ1v) is 8.48. The molecule has 5 heteroatoms. The van der Waals surface area contributed by atoms with Gasteiger partial charge in [0, 0.05) is 43.7 Å². The summed E-state index contributed by atoms with van der Waals surface area (Å²) in [5.74, 6) is 0.190. The number of carbonyl (C=O) groups excluding carboxylic acids is 2. The minimum Gasteiger partial charge on any atom is -0.341 e. The van der Waals surface area contributed by atoms with Gasteiger partial charge >= 0.3 is 0 Å². The lowest BCUT2D eigenvalue weighted by Gasteiger charge is -2.38. The van der Waals surface area contributed by atoms with E-state index in [1.165, 1.54) is 0 Å². The highest BCUT2D eigenvalue weighted by molar-refractivity contribution is 5.94. The second-order valence-electron chi connectivity index (χ2n) is 6.79. The molecule has 0 aromatic heterocycles. The van der Waals surface area contributed by atoms with Crippen LogP contribution < -0.4 is 5.73 Å². The van der Waals surface area contributed by atoms with E-state index in [-0.39, 0.29) is 17.4 Å². The standard InChI is InChI=1S/C18H25N3O2/c19-18(8-4-9-18)14-16(22)20-10-5-11-21(13-12-20)17(23)15-6-2-1-3-7-15/h1-3,6-7H,4-5,8-14,19H2. The number of nitrogens with zero attached hydrogens (tertiary/aromatic N) is 2. The molecule has 2 fully saturated rings. The summed E-state index contributed by atoms with van der Waals surface area (Å²) in [4.78, 5) is 28.7. The molecule has 1 saturated heterocycles. The van der Waals surface area contributed by atoms with Crippen LogP contribution >= 0.6 is 0 Å². The number of carbonyl (C=O) groups is 2. The van der Waals surface area contributed by atoms with E-state index in [1.807, 2.05) is 40.1 Å². The molecule has 1 aliphatic carbocycles. The van der Waals surface area contributed by atoms with Crippen LogP contribution in [0.15, 0.2) is 30.3 Å². The summed E-state index contributed by atoms with van der Waals surface area (Å²) in [6.45, 7) is 2.61. The van der Waals surface area contributed by atoms with Gasteiger partial charge < -0.3 is 15.5 Å². The summed E-state index contributed by atoms with van der Waals surface area (Å²) >= 11 is 0. The van der Waals surface area contributed by atoms with E-state index >= 15 is 0 Å². The maximum Gasteiger partial charge on any atom is 0.253 e. The van der Waals surface area contributed by atoms with Crippen molar-refractivity contribution in [3.63, 3.8) is 0 Å². The lowest BCUT2D eigenvalue weighted by Crippen LogP contribution is -2.51. The fraction of sp³-hybridized carbons (Fsp3) is 0.556. The number of hydrogen-bond donors (Lipinski definition) is 1. The Morgan fingerprint density at radius 1 is 0.957 bits per heavy atom. The largest absolute Gasteiger partial charge is 0.341 e. The summed E-state index contributed by atoms with van der Waals surface area (Å²) in [7, 11) is 0. The first-order chi connectivity index (χ1) is 11.1. The molecule has 0 spiro atoms. The average molecular weight is 315 g/mol. The second-order valence-corrected chi connectivity index (χ2v) is 6.79. The molecule has 2 aliphatic rings. The van der Waals surface area contributed by atoms with Crippen molar-refractivity contribution in [2.24, 2.45) is 5.73 Å². The Balaban J connectivity index is 1.56. The second kappa shape index (κ2) is 6.71. The molecule has 5 nitrogen and oxygen atoms in total. The van der Waals surface area contributed by atoms with Crippen molar-refractivity contribution in [1.29, 1.82) is 0 Å². The maximum absolute atomic E-state index is 12.5. The molecule has 124 valence electrons. The Hall–Kier alpha value is -1.88. The normalized spacial score (nSPS) is 20.6. The highest BCUT2D eigenvalue weighted by Gasteiger charge is 2.36. The first-order valence-electron chi connectivity index (χ1n) is 8.48. The van der Waals surface area contributed by atoms with Crippen LogP contribution in [-0.2, 0) is 4.79 Å². The molecule has 3 rings (SSSR count). The predicted octanol–water partition coefficient (Wildman–Crippen LogP) is 1.63. The van der Waals surface area contributed by atoms with Gasteiger partial charge in [0.15, 0.2) is 0 Å². The number of rotatable bonds is 3. The summed E-state index contributed by atoms with van der Waals surface area (Å²) < 4.78 is 0. The molecule has 0 unspecified atom stereocenters. The first kappa shape index (κ1) is 16.0. The van der Waals surface area contributed by atoms with E-state index < -0.39 is 0 Å². The Labute approximate surface area is 137 Å². The molecule has 1 aromatic carbocycles. The summed E-state index contributed by atoms with van der Waals surface area (Å²) in [6, 6.07) is 9.33. The van der Waals surface area contributed by atoms with Crippen molar-refractivity contribution in [3.8, 4) is 0 Å². The van der Waals surface area contributed by atoms with Gasteiger partial charge in [-0.1, -0.05) is 18.2 Å². The van der Waals surface area contributed by atoms with E-state index in [0.717, 1.165) is 25.7 Å². The Kier molecular flexibility index (Phi) is 4.66. The minimum absolute atomic E-state index is 0.0502. The molecule has 1 saturated carbocycles. The highest BCUT2D eigenvalue weighted by Crippen LogP contribution is 2.32. The number of hydrogen-bond acceptors (Lipinski definition) is 3. The lowest BCUT2D eigenvalue weighted by atomic mass is 9.75. The van der Waals surface area contributed by atoms with E-state index in [0.29, 0.717) is 38.2 Å². The molecule has 1 heterocycles. The SMILES string of the molecule is NC1(CC(=O)N2CCCN(C(=O)c3ccccc3)CC2)CCC1. The Morgan fingerprint density at radius 3 is 2.26 bits per heavy atom. The summed E-state index contributed by atoms with van der Waals surface area (Å²) in [5, 5.41) is 0. The van der Waals surface area contributed by atoms with Crippen LogP contribution in [0.4, 0.5) is 0 Å². The van der Waals surface area contributed by atoms with Crippen molar-refractivity contribution < 1.29 is 9.59 Å². The van der Waals surface area contributed by atoms with Gasteiger partial charge in [-0.25, -0.2) is 0 Å². The average Bonchev–Trinajstić information content (AvgIpc) is 2.79. The van der Waals surface area contributed by atoms with Gasteiger partial charge in [0.2, 0.25) is 5.91 Å². The zero-order chi connectivity index (χ0) is 16.3. The molecule has 0 bridgehead atoms. The highest BCUT2D eigenvalue weighted by atomic mass is 16.2. The molecule has 23 heavy (non-hydrogen) atoms. The molecule has 1 aliphatic heterocycles. The van der Waals surface area contributed by atoms with Crippen LogP contribution in [0.2, 0.25) is 0 Å². The van der Waals surface area contributed by atoms with E-state index in [9.17, 15) is 9.59 Å². The van der Waals surface area contributed by atoms with Gasteiger partial charge in [-0.2, -0.15) is 0 Å². The zero-order valence-corrected chi connectivity index (χ0v) is 13.5. The quantitative estimate of drug-likeness (QED) is 0.922. The van der Waals surface area contributed by atoms with E-state index in [1.54, 1.807) is 0 Å². The van der Waals surface area contributed by atoms with Crippen molar-refractivity contribution >= 4 is 11.8 Å². The molecule has 2 N–H and O–H groups in total. The summed E-state index contributed by atoms with van der Waals surface area (Å²) in [6.07, 6.45) is 4.29. The van der Waals surface area contributed by atoms with E-state index in [4.69, 9.17) is 5.73 Å². The fourth-order valence-electron chi connectivity index (χ4n) is 3.35. The number of amides is 2. The van der Waals surface area contributed by atoms with E-state index in [2.05, 4.69) is 0 Å². The van der Waals surface area contributed by atoms with Gasteiger partial charge in [-0.05, 0) is 37.8 Å². The van der Waals surface area contributed by atoms with Gasteiger partial charge in [0.1, 0.15) is 0 Å². The third-order valence-corrected chi connectivity index (χ3v) is 5.01. The van der Waals surface area contributed by atoms with Crippen molar-refractivity contribution in [3.05, 3.63) is 35.9 Å². The van der Waals surface area contributed by atoms with Gasteiger partial charge in [-0.3, -0.25) is 9.59 Å².